The van der Waals surface area contributed by atoms with Crippen molar-refractivity contribution in [1.82, 2.24) is 15.5 Å². The summed E-state index contributed by atoms with van der Waals surface area (Å²) in [4.78, 5) is 13.0. The number of hydrogen-bond acceptors (Lipinski definition) is 3. The molecule has 1 fully saturated rings. The highest BCUT2D eigenvalue weighted by Crippen LogP contribution is 2.25. The van der Waals surface area contributed by atoms with Gasteiger partial charge in [-0.15, -0.1) is 0 Å². The van der Waals surface area contributed by atoms with Gasteiger partial charge in [0, 0.05) is 32.7 Å². The molecule has 1 saturated heterocycles. The minimum Gasteiger partial charge on any atom is -0.350 e. The van der Waals surface area contributed by atoms with Gasteiger partial charge in [-0.05, 0) is 12.1 Å². The van der Waals surface area contributed by atoms with Crippen LogP contribution in [0.15, 0.2) is 18.2 Å². The van der Waals surface area contributed by atoms with E-state index in [1.165, 1.54) is 4.90 Å². The molecule has 1 aromatic carbocycles. The van der Waals surface area contributed by atoms with E-state index in [-0.39, 0.29) is 13.1 Å². The molecular formula is C14H16F5N3O. The second kappa shape index (κ2) is 7.22. The van der Waals surface area contributed by atoms with E-state index in [0.717, 1.165) is 18.2 Å². The first-order valence-electron chi connectivity index (χ1n) is 7.04. The van der Waals surface area contributed by atoms with Gasteiger partial charge in [0.1, 0.15) is 6.04 Å². The smallest absolute Gasteiger partial charge is 0.350 e. The number of carbonyl (C=O) groups is 1. The van der Waals surface area contributed by atoms with E-state index in [0.29, 0.717) is 13.1 Å². The van der Waals surface area contributed by atoms with Crippen LogP contribution >= 0.6 is 0 Å². The van der Waals surface area contributed by atoms with E-state index in [9.17, 15) is 26.7 Å². The van der Waals surface area contributed by atoms with Crippen molar-refractivity contribution in [3.63, 3.8) is 0 Å². The minimum absolute atomic E-state index is 0.189. The molecule has 0 spiro atoms. The zero-order valence-corrected chi connectivity index (χ0v) is 12.1. The van der Waals surface area contributed by atoms with E-state index in [1.807, 2.05) is 5.32 Å². The van der Waals surface area contributed by atoms with Crippen molar-refractivity contribution in [2.75, 3.05) is 32.7 Å². The molecule has 0 saturated carbocycles. The molecule has 1 heterocycles. The lowest BCUT2D eigenvalue weighted by atomic mass is 10.1. The van der Waals surface area contributed by atoms with Crippen LogP contribution in [0.1, 0.15) is 10.4 Å². The van der Waals surface area contributed by atoms with E-state index < -0.39 is 41.9 Å². The molecule has 1 aromatic rings. The average molecular weight is 337 g/mol. The molecule has 1 aliphatic rings. The van der Waals surface area contributed by atoms with Crippen LogP contribution in [0.4, 0.5) is 22.0 Å². The quantitative estimate of drug-likeness (QED) is 0.819. The summed E-state index contributed by atoms with van der Waals surface area (Å²) in [6.07, 6.45) is -4.54. The van der Waals surface area contributed by atoms with E-state index in [1.54, 1.807) is 0 Å². The molecule has 2 rings (SSSR count). The molecule has 0 radical (unpaired) electrons. The Morgan fingerprint density at radius 3 is 2.52 bits per heavy atom. The number of nitrogens with one attached hydrogen (secondary N) is 2. The lowest BCUT2D eigenvalue weighted by Crippen LogP contribution is -2.57. The molecule has 2 N–H and O–H groups in total. The third-order valence-electron chi connectivity index (χ3n) is 3.62. The first kappa shape index (κ1) is 17.6. The molecule has 0 aliphatic carbocycles. The van der Waals surface area contributed by atoms with Gasteiger partial charge in [0.05, 0.1) is 5.56 Å². The Morgan fingerprint density at radius 2 is 1.91 bits per heavy atom. The Labute approximate surface area is 129 Å². The molecule has 1 atom stereocenters. The number of carbonyl (C=O) groups excluding carboxylic acids is 1. The van der Waals surface area contributed by atoms with Crippen molar-refractivity contribution in [2.24, 2.45) is 0 Å². The van der Waals surface area contributed by atoms with Gasteiger partial charge in [0.2, 0.25) is 0 Å². The summed E-state index contributed by atoms with van der Waals surface area (Å²) in [6, 6.07) is 1.09. The van der Waals surface area contributed by atoms with Crippen molar-refractivity contribution >= 4 is 5.91 Å². The largest absolute Gasteiger partial charge is 0.405 e. The van der Waals surface area contributed by atoms with Crippen LogP contribution in [0.2, 0.25) is 0 Å². The summed E-state index contributed by atoms with van der Waals surface area (Å²) in [7, 11) is 0. The highest BCUT2D eigenvalue weighted by Gasteiger charge is 2.43. The molecule has 4 nitrogen and oxygen atoms in total. The molecule has 1 unspecified atom stereocenters. The highest BCUT2D eigenvalue weighted by atomic mass is 19.4. The molecule has 1 amide bonds. The monoisotopic (exact) mass is 337 g/mol. The van der Waals surface area contributed by atoms with Gasteiger partial charge in [-0.1, -0.05) is 6.07 Å². The Kier molecular flexibility index (Phi) is 5.53. The fourth-order valence-corrected chi connectivity index (χ4v) is 2.41. The van der Waals surface area contributed by atoms with Crippen LogP contribution in [0.3, 0.4) is 0 Å². The van der Waals surface area contributed by atoms with Crippen molar-refractivity contribution in [1.29, 1.82) is 0 Å². The van der Waals surface area contributed by atoms with Gasteiger partial charge in [-0.25, -0.2) is 8.78 Å². The predicted octanol–water partition coefficient (Wildman–Crippen LogP) is 1.53. The normalized spacial score (nSPS) is 17.8. The third kappa shape index (κ3) is 4.38. The maximum atomic E-state index is 13.5. The molecule has 9 heteroatoms. The zero-order chi connectivity index (χ0) is 17.0. The number of rotatable bonds is 4. The van der Waals surface area contributed by atoms with Gasteiger partial charge in [-0.2, -0.15) is 13.2 Å². The van der Waals surface area contributed by atoms with Crippen molar-refractivity contribution in [2.45, 2.75) is 12.2 Å². The maximum absolute atomic E-state index is 13.5. The lowest BCUT2D eigenvalue weighted by molar-refractivity contribution is -0.183. The molecule has 0 bridgehead atoms. The second-order valence-corrected chi connectivity index (χ2v) is 5.15. The predicted molar refractivity (Wildman–Crippen MR) is 73.0 cm³/mol. The Hall–Kier alpha value is -1.74. The molecule has 23 heavy (non-hydrogen) atoms. The zero-order valence-electron chi connectivity index (χ0n) is 12.1. The van der Waals surface area contributed by atoms with Crippen molar-refractivity contribution in [3.8, 4) is 0 Å². The van der Waals surface area contributed by atoms with Gasteiger partial charge in [-0.3, -0.25) is 9.69 Å². The average Bonchev–Trinajstić information content (AvgIpc) is 2.50. The number of halogens is 5. The van der Waals surface area contributed by atoms with Crippen LogP contribution in [0.5, 0.6) is 0 Å². The third-order valence-corrected chi connectivity index (χ3v) is 3.62. The SMILES string of the molecule is O=C(NCC(N1CCNCC1)C(F)(F)F)c1cccc(F)c1F. The summed E-state index contributed by atoms with van der Waals surface area (Å²) in [5.41, 5.74) is -0.619. The summed E-state index contributed by atoms with van der Waals surface area (Å²) >= 11 is 0. The summed E-state index contributed by atoms with van der Waals surface area (Å²) in [6.45, 7) is 0.485. The van der Waals surface area contributed by atoms with Gasteiger partial charge in [0.25, 0.3) is 5.91 Å². The number of nitrogens with zero attached hydrogens (tertiary/aromatic N) is 1. The van der Waals surface area contributed by atoms with Crippen LogP contribution in [-0.4, -0.2) is 55.7 Å². The van der Waals surface area contributed by atoms with E-state index in [4.69, 9.17) is 0 Å². The maximum Gasteiger partial charge on any atom is 0.405 e. The Morgan fingerprint density at radius 1 is 1.26 bits per heavy atom. The standard InChI is InChI=1S/C14H16F5N3O/c15-10-3-1-2-9(12(10)16)13(23)21-8-11(14(17,18)19)22-6-4-20-5-7-22/h1-3,11,20H,4-8H2,(H,21,23). The number of piperazine rings is 1. The number of benzene rings is 1. The van der Waals surface area contributed by atoms with Gasteiger partial charge >= 0.3 is 6.18 Å². The number of alkyl halides is 3. The summed E-state index contributed by atoms with van der Waals surface area (Å²) in [5.74, 6) is -3.69. The van der Waals surface area contributed by atoms with Crippen LogP contribution in [0.25, 0.3) is 0 Å². The number of hydrogen-bond donors (Lipinski definition) is 2. The molecule has 0 aromatic heterocycles. The first-order chi connectivity index (χ1) is 10.8. The van der Waals surface area contributed by atoms with Crippen LogP contribution in [0, 0.1) is 11.6 Å². The first-order valence-corrected chi connectivity index (χ1v) is 7.04. The fourth-order valence-electron chi connectivity index (χ4n) is 2.41. The fraction of sp³-hybridized carbons (Fsp3) is 0.500. The van der Waals surface area contributed by atoms with Gasteiger partial charge < -0.3 is 10.6 Å². The summed E-state index contributed by atoms with van der Waals surface area (Å²) < 4.78 is 66.0. The Balaban J connectivity index is 2.05. The topological polar surface area (TPSA) is 44.4 Å². The number of amides is 1. The van der Waals surface area contributed by atoms with Gasteiger partial charge in [0.15, 0.2) is 11.6 Å². The second-order valence-electron chi connectivity index (χ2n) is 5.15. The molecular weight excluding hydrogens is 321 g/mol. The summed E-state index contributed by atoms with van der Waals surface area (Å²) in [5, 5.41) is 4.98. The van der Waals surface area contributed by atoms with Crippen LogP contribution < -0.4 is 10.6 Å². The highest BCUT2D eigenvalue weighted by molar-refractivity contribution is 5.94. The van der Waals surface area contributed by atoms with Crippen molar-refractivity contribution < 1.29 is 26.7 Å². The van der Waals surface area contributed by atoms with Crippen LogP contribution in [-0.2, 0) is 0 Å². The lowest BCUT2D eigenvalue weighted by Gasteiger charge is -2.35. The molecule has 1 aliphatic heterocycles. The molecule has 128 valence electrons. The van der Waals surface area contributed by atoms with Crippen molar-refractivity contribution in [3.05, 3.63) is 35.4 Å². The minimum atomic E-state index is -4.54. The van der Waals surface area contributed by atoms with E-state index >= 15 is 0 Å². The van der Waals surface area contributed by atoms with E-state index in [2.05, 4.69) is 5.32 Å². The Bertz CT molecular complexity index is 558.